The summed E-state index contributed by atoms with van der Waals surface area (Å²) >= 11 is 0. The lowest BCUT2D eigenvalue weighted by Gasteiger charge is -2.10. The SMILES string of the molecule is COCCOc1ccccc1C(=O)c1cc(C)nn1C. The van der Waals surface area contributed by atoms with Crippen molar-refractivity contribution < 1.29 is 14.3 Å². The normalized spacial score (nSPS) is 10.6. The fraction of sp³-hybridized carbons (Fsp3) is 0.333. The Morgan fingerprint density at radius 1 is 1.30 bits per heavy atom. The van der Waals surface area contributed by atoms with E-state index in [0.29, 0.717) is 30.2 Å². The van der Waals surface area contributed by atoms with Crippen LogP contribution in [0.15, 0.2) is 30.3 Å². The van der Waals surface area contributed by atoms with Gasteiger partial charge in [-0.1, -0.05) is 12.1 Å². The second-order valence-electron chi connectivity index (χ2n) is 4.46. The Kier molecular flexibility index (Phi) is 4.53. The van der Waals surface area contributed by atoms with Gasteiger partial charge in [0.2, 0.25) is 5.78 Å². The number of para-hydroxylation sites is 1. The number of rotatable bonds is 6. The molecule has 0 aliphatic rings. The van der Waals surface area contributed by atoms with Gasteiger partial charge in [0.15, 0.2) is 0 Å². The van der Waals surface area contributed by atoms with Crippen molar-refractivity contribution in [2.75, 3.05) is 20.3 Å². The Morgan fingerprint density at radius 2 is 2.05 bits per heavy atom. The molecular formula is C15H18N2O3. The Balaban J connectivity index is 2.27. The summed E-state index contributed by atoms with van der Waals surface area (Å²) in [6.07, 6.45) is 0. The standard InChI is InChI=1S/C15H18N2O3/c1-11-10-13(17(2)16-11)15(18)12-6-4-5-7-14(12)20-9-8-19-3/h4-7,10H,8-9H2,1-3H3. The second kappa shape index (κ2) is 6.34. The highest BCUT2D eigenvalue weighted by Gasteiger charge is 2.18. The molecule has 20 heavy (non-hydrogen) atoms. The van der Waals surface area contributed by atoms with Gasteiger partial charge in [-0.15, -0.1) is 0 Å². The van der Waals surface area contributed by atoms with Crippen LogP contribution in [-0.4, -0.2) is 35.9 Å². The first-order valence-corrected chi connectivity index (χ1v) is 6.39. The number of aromatic nitrogens is 2. The third-order valence-electron chi connectivity index (χ3n) is 2.91. The van der Waals surface area contributed by atoms with Crippen molar-refractivity contribution in [2.45, 2.75) is 6.92 Å². The molecule has 0 aliphatic heterocycles. The smallest absolute Gasteiger partial charge is 0.214 e. The predicted molar refractivity (Wildman–Crippen MR) is 75.2 cm³/mol. The van der Waals surface area contributed by atoms with Crippen molar-refractivity contribution in [3.05, 3.63) is 47.3 Å². The first kappa shape index (κ1) is 14.3. The van der Waals surface area contributed by atoms with Crippen molar-refractivity contribution in [3.8, 4) is 5.75 Å². The summed E-state index contributed by atoms with van der Waals surface area (Å²) < 4.78 is 12.1. The zero-order valence-electron chi connectivity index (χ0n) is 11.9. The van der Waals surface area contributed by atoms with Crippen LogP contribution in [0.3, 0.4) is 0 Å². The van der Waals surface area contributed by atoms with Crippen molar-refractivity contribution in [1.29, 1.82) is 0 Å². The number of hydrogen-bond donors (Lipinski definition) is 0. The van der Waals surface area contributed by atoms with E-state index in [4.69, 9.17) is 9.47 Å². The molecule has 0 spiro atoms. The fourth-order valence-electron chi connectivity index (χ4n) is 1.98. The van der Waals surface area contributed by atoms with Crippen LogP contribution >= 0.6 is 0 Å². The molecule has 5 heteroatoms. The Hall–Kier alpha value is -2.14. The average Bonchev–Trinajstić information content (AvgIpc) is 2.78. The molecule has 106 valence electrons. The van der Waals surface area contributed by atoms with Gasteiger partial charge in [-0.3, -0.25) is 9.48 Å². The zero-order valence-corrected chi connectivity index (χ0v) is 11.9. The van der Waals surface area contributed by atoms with Crippen molar-refractivity contribution in [1.82, 2.24) is 9.78 Å². The number of carbonyl (C=O) groups is 1. The molecule has 0 N–H and O–H groups in total. The third-order valence-corrected chi connectivity index (χ3v) is 2.91. The van der Waals surface area contributed by atoms with Gasteiger partial charge in [0.1, 0.15) is 18.1 Å². The largest absolute Gasteiger partial charge is 0.490 e. The summed E-state index contributed by atoms with van der Waals surface area (Å²) in [6.45, 7) is 2.75. The summed E-state index contributed by atoms with van der Waals surface area (Å²) in [6, 6.07) is 8.97. The summed E-state index contributed by atoms with van der Waals surface area (Å²) in [5, 5.41) is 4.20. The van der Waals surface area contributed by atoms with Gasteiger partial charge >= 0.3 is 0 Å². The van der Waals surface area contributed by atoms with Gasteiger partial charge in [0.05, 0.1) is 17.9 Å². The molecule has 0 radical (unpaired) electrons. The minimum Gasteiger partial charge on any atom is -0.490 e. The maximum Gasteiger partial charge on any atom is 0.214 e. The van der Waals surface area contributed by atoms with Crippen LogP contribution in [-0.2, 0) is 11.8 Å². The van der Waals surface area contributed by atoms with E-state index >= 15 is 0 Å². The molecule has 0 amide bonds. The van der Waals surface area contributed by atoms with Gasteiger partial charge in [-0.05, 0) is 25.1 Å². The van der Waals surface area contributed by atoms with Gasteiger partial charge in [0.25, 0.3) is 0 Å². The van der Waals surface area contributed by atoms with E-state index in [1.54, 1.807) is 37.0 Å². The lowest BCUT2D eigenvalue weighted by atomic mass is 10.1. The highest BCUT2D eigenvalue weighted by Crippen LogP contribution is 2.21. The first-order chi connectivity index (χ1) is 9.63. The molecule has 0 aliphatic carbocycles. The van der Waals surface area contributed by atoms with E-state index < -0.39 is 0 Å². The van der Waals surface area contributed by atoms with E-state index in [2.05, 4.69) is 5.10 Å². The summed E-state index contributed by atoms with van der Waals surface area (Å²) in [4.78, 5) is 12.6. The average molecular weight is 274 g/mol. The topological polar surface area (TPSA) is 53.4 Å². The molecule has 0 atom stereocenters. The van der Waals surface area contributed by atoms with Crippen molar-refractivity contribution >= 4 is 5.78 Å². The number of methoxy groups -OCH3 is 1. The monoisotopic (exact) mass is 274 g/mol. The Morgan fingerprint density at radius 3 is 2.70 bits per heavy atom. The number of hydrogen-bond acceptors (Lipinski definition) is 4. The molecule has 1 aromatic heterocycles. The fourth-order valence-corrected chi connectivity index (χ4v) is 1.98. The molecule has 0 saturated carbocycles. The zero-order chi connectivity index (χ0) is 14.5. The predicted octanol–water partition coefficient (Wildman–Crippen LogP) is 1.98. The van der Waals surface area contributed by atoms with Crippen LogP contribution in [0.2, 0.25) is 0 Å². The molecule has 2 rings (SSSR count). The molecule has 0 fully saturated rings. The number of ketones is 1. The number of ether oxygens (including phenoxy) is 2. The van der Waals surface area contributed by atoms with Crippen LogP contribution in [0.1, 0.15) is 21.7 Å². The van der Waals surface area contributed by atoms with Crippen LogP contribution in [0.25, 0.3) is 0 Å². The highest BCUT2D eigenvalue weighted by atomic mass is 16.5. The minimum absolute atomic E-state index is 0.0962. The Bertz CT molecular complexity index is 605. The minimum atomic E-state index is -0.0962. The van der Waals surface area contributed by atoms with E-state index in [1.165, 1.54) is 0 Å². The van der Waals surface area contributed by atoms with Crippen LogP contribution in [0, 0.1) is 6.92 Å². The third kappa shape index (κ3) is 3.05. The number of nitrogens with zero attached hydrogens (tertiary/aromatic N) is 2. The van der Waals surface area contributed by atoms with Crippen LogP contribution in [0.4, 0.5) is 0 Å². The lowest BCUT2D eigenvalue weighted by molar-refractivity contribution is 0.102. The second-order valence-corrected chi connectivity index (χ2v) is 4.46. The number of carbonyl (C=O) groups excluding carboxylic acids is 1. The Labute approximate surface area is 118 Å². The van der Waals surface area contributed by atoms with Crippen molar-refractivity contribution in [3.63, 3.8) is 0 Å². The first-order valence-electron chi connectivity index (χ1n) is 6.39. The van der Waals surface area contributed by atoms with Crippen molar-refractivity contribution in [2.24, 2.45) is 7.05 Å². The maximum atomic E-state index is 12.6. The van der Waals surface area contributed by atoms with Gasteiger partial charge in [-0.2, -0.15) is 5.10 Å². The molecule has 0 unspecified atom stereocenters. The summed E-state index contributed by atoms with van der Waals surface area (Å²) in [7, 11) is 3.37. The number of aryl methyl sites for hydroxylation is 2. The van der Waals surface area contributed by atoms with Gasteiger partial charge in [0, 0.05) is 14.2 Å². The maximum absolute atomic E-state index is 12.6. The number of benzene rings is 1. The molecule has 1 aromatic carbocycles. The van der Waals surface area contributed by atoms with E-state index in [9.17, 15) is 4.79 Å². The summed E-state index contributed by atoms with van der Waals surface area (Å²) in [5.74, 6) is 0.467. The highest BCUT2D eigenvalue weighted by molar-refractivity contribution is 6.09. The van der Waals surface area contributed by atoms with Crippen LogP contribution in [0.5, 0.6) is 5.75 Å². The van der Waals surface area contributed by atoms with Gasteiger partial charge < -0.3 is 9.47 Å². The molecular weight excluding hydrogens is 256 g/mol. The molecule has 2 aromatic rings. The van der Waals surface area contributed by atoms with Gasteiger partial charge in [-0.25, -0.2) is 0 Å². The molecule has 0 bridgehead atoms. The molecule has 0 saturated heterocycles. The van der Waals surface area contributed by atoms with E-state index in [0.717, 1.165) is 5.69 Å². The van der Waals surface area contributed by atoms with E-state index in [1.807, 2.05) is 19.1 Å². The molecule has 1 heterocycles. The quantitative estimate of drug-likeness (QED) is 0.597. The summed E-state index contributed by atoms with van der Waals surface area (Å²) in [5.41, 5.74) is 1.89. The lowest BCUT2D eigenvalue weighted by Crippen LogP contribution is -2.12. The van der Waals surface area contributed by atoms with Crippen LogP contribution < -0.4 is 4.74 Å². The van der Waals surface area contributed by atoms with E-state index in [-0.39, 0.29) is 5.78 Å². The molecule has 5 nitrogen and oxygen atoms in total.